The van der Waals surface area contributed by atoms with Crippen LogP contribution in [0.5, 0.6) is 0 Å². The first-order chi connectivity index (χ1) is 7.65. The maximum Gasteiger partial charge on any atom is 0.0815 e. The molecule has 16 heavy (non-hydrogen) atoms. The Morgan fingerprint density at radius 3 is 2.88 bits per heavy atom. The molecule has 0 aliphatic rings. The summed E-state index contributed by atoms with van der Waals surface area (Å²) < 4.78 is 2.90. The molecule has 1 heterocycles. The number of aromatic nitrogens is 2. The van der Waals surface area contributed by atoms with Crippen molar-refractivity contribution in [2.45, 2.75) is 13.5 Å². The van der Waals surface area contributed by atoms with E-state index in [0.717, 1.165) is 22.4 Å². The van der Waals surface area contributed by atoms with E-state index in [1.165, 1.54) is 5.56 Å². The molecule has 4 heteroatoms. The van der Waals surface area contributed by atoms with Crippen LogP contribution >= 0.6 is 15.9 Å². The molecule has 3 nitrogen and oxygen atoms in total. The maximum absolute atomic E-state index is 4.32. The lowest BCUT2D eigenvalue weighted by atomic mass is 10.2. The Hall–Kier alpha value is -1.29. The van der Waals surface area contributed by atoms with Gasteiger partial charge in [-0.15, -0.1) is 0 Å². The van der Waals surface area contributed by atoms with Crippen molar-refractivity contribution >= 4 is 21.6 Å². The third-order valence-electron chi connectivity index (χ3n) is 2.43. The van der Waals surface area contributed by atoms with Crippen molar-refractivity contribution in [2.75, 3.05) is 5.32 Å². The van der Waals surface area contributed by atoms with Gasteiger partial charge in [-0.3, -0.25) is 4.68 Å². The minimum Gasteiger partial charge on any atom is -0.379 e. The van der Waals surface area contributed by atoms with Gasteiger partial charge in [0.05, 0.1) is 12.2 Å². The van der Waals surface area contributed by atoms with Gasteiger partial charge in [-0.05, 0) is 30.7 Å². The summed E-state index contributed by atoms with van der Waals surface area (Å²) in [5.41, 5.74) is 3.42. The van der Waals surface area contributed by atoms with Gasteiger partial charge in [-0.2, -0.15) is 5.10 Å². The Bertz CT molecular complexity index is 491. The summed E-state index contributed by atoms with van der Waals surface area (Å²) in [5, 5.41) is 7.70. The number of nitrogens with zero attached hydrogens (tertiary/aromatic N) is 2. The molecular weight excluding hydrogens is 266 g/mol. The zero-order valence-corrected chi connectivity index (χ0v) is 11.0. The zero-order valence-electron chi connectivity index (χ0n) is 9.37. The highest BCUT2D eigenvalue weighted by Crippen LogP contribution is 2.20. The van der Waals surface area contributed by atoms with E-state index in [4.69, 9.17) is 0 Å². The molecule has 0 spiro atoms. The molecule has 0 unspecified atom stereocenters. The molecule has 0 aliphatic carbocycles. The lowest BCUT2D eigenvalue weighted by molar-refractivity contribution is 0.747. The Kier molecular flexibility index (Phi) is 3.29. The number of benzene rings is 1. The van der Waals surface area contributed by atoms with Gasteiger partial charge >= 0.3 is 0 Å². The van der Waals surface area contributed by atoms with E-state index in [9.17, 15) is 0 Å². The summed E-state index contributed by atoms with van der Waals surface area (Å²) in [5.74, 6) is 0. The zero-order chi connectivity index (χ0) is 11.5. The van der Waals surface area contributed by atoms with Crippen LogP contribution in [0.4, 0.5) is 5.69 Å². The molecule has 0 amide bonds. The summed E-state index contributed by atoms with van der Waals surface area (Å²) >= 11 is 3.47. The average Bonchev–Trinajstić information content (AvgIpc) is 2.66. The molecule has 0 radical (unpaired) electrons. The van der Waals surface area contributed by atoms with Crippen molar-refractivity contribution in [3.8, 4) is 0 Å². The topological polar surface area (TPSA) is 29.9 Å². The molecule has 1 N–H and O–H groups in total. The second-order valence-electron chi connectivity index (χ2n) is 3.79. The summed E-state index contributed by atoms with van der Waals surface area (Å²) in [6.45, 7) is 2.84. The first-order valence-corrected chi connectivity index (χ1v) is 5.93. The Morgan fingerprint density at radius 1 is 1.38 bits per heavy atom. The van der Waals surface area contributed by atoms with Gasteiger partial charge in [0.2, 0.25) is 0 Å². The first kappa shape index (κ1) is 11.2. The van der Waals surface area contributed by atoms with Crippen LogP contribution in [0.1, 0.15) is 11.3 Å². The monoisotopic (exact) mass is 279 g/mol. The highest BCUT2D eigenvalue weighted by molar-refractivity contribution is 9.10. The first-order valence-electron chi connectivity index (χ1n) is 5.14. The average molecular weight is 280 g/mol. The summed E-state index contributed by atoms with van der Waals surface area (Å²) in [7, 11) is 1.92. The number of nitrogens with one attached hydrogen (secondary N) is 1. The predicted octanol–water partition coefficient (Wildman–Crippen LogP) is 3.10. The van der Waals surface area contributed by atoms with Gasteiger partial charge in [-0.25, -0.2) is 0 Å². The van der Waals surface area contributed by atoms with Crippen molar-refractivity contribution in [2.24, 2.45) is 7.05 Å². The largest absolute Gasteiger partial charge is 0.379 e. The molecule has 0 bridgehead atoms. The summed E-state index contributed by atoms with van der Waals surface area (Å²) in [6, 6.07) is 8.23. The van der Waals surface area contributed by atoms with Crippen LogP contribution in [0.3, 0.4) is 0 Å². The third-order valence-corrected chi connectivity index (χ3v) is 2.92. The van der Waals surface area contributed by atoms with Gasteiger partial charge in [-0.1, -0.05) is 22.0 Å². The fraction of sp³-hybridized carbons (Fsp3) is 0.250. The molecule has 1 aromatic carbocycles. The van der Waals surface area contributed by atoms with Crippen molar-refractivity contribution in [3.05, 3.63) is 46.2 Å². The van der Waals surface area contributed by atoms with Crippen LogP contribution in [-0.4, -0.2) is 9.78 Å². The molecule has 0 saturated heterocycles. The Labute approximate surface area is 104 Å². The summed E-state index contributed by atoms with van der Waals surface area (Å²) in [6.07, 6.45) is 1.95. The number of rotatable bonds is 3. The van der Waals surface area contributed by atoms with E-state index in [0.29, 0.717) is 0 Å². The SMILES string of the molecule is Cc1ccc(Br)cc1NCc1ccn(C)n1. The van der Waals surface area contributed by atoms with E-state index < -0.39 is 0 Å². The van der Waals surface area contributed by atoms with Gasteiger partial charge in [0.25, 0.3) is 0 Å². The second-order valence-corrected chi connectivity index (χ2v) is 4.71. The molecule has 84 valence electrons. The highest BCUT2D eigenvalue weighted by atomic mass is 79.9. The van der Waals surface area contributed by atoms with E-state index in [-0.39, 0.29) is 0 Å². The molecular formula is C12H14BrN3. The fourth-order valence-corrected chi connectivity index (χ4v) is 1.89. The third kappa shape index (κ3) is 2.64. The Balaban J connectivity index is 2.07. The van der Waals surface area contributed by atoms with Crippen LogP contribution < -0.4 is 5.32 Å². The quantitative estimate of drug-likeness (QED) is 0.936. The molecule has 2 rings (SSSR count). The maximum atomic E-state index is 4.32. The van der Waals surface area contributed by atoms with Crippen LogP contribution in [-0.2, 0) is 13.6 Å². The smallest absolute Gasteiger partial charge is 0.0815 e. The number of aryl methyl sites for hydroxylation is 2. The van der Waals surface area contributed by atoms with Gasteiger partial charge in [0.1, 0.15) is 0 Å². The van der Waals surface area contributed by atoms with Crippen molar-refractivity contribution in [1.29, 1.82) is 0 Å². The van der Waals surface area contributed by atoms with Crippen LogP contribution in [0.15, 0.2) is 34.9 Å². The van der Waals surface area contributed by atoms with Crippen molar-refractivity contribution in [1.82, 2.24) is 9.78 Å². The number of anilines is 1. The van der Waals surface area contributed by atoms with Crippen LogP contribution in [0, 0.1) is 6.92 Å². The van der Waals surface area contributed by atoms with Gasteiger partial charge in [0, 0.05) is 23.4 Å². The number of hydrogen-bond donors (Lipinski definition) is 1. The molecule has 0 saturated carbocycles. The van der Waals surface area contributed by atoms with Gasteiger partial charge < -0.3 is 5.32 Å². The van der Waals surface area contributed by atoms with Crippen LogP contribution in [0.25, 0.3) is 0 Å². The van der Waals surface area contributed by atoms with E-state index >= 15 is 0 Å². The van der Waals surface area contributed by atoms with E-state index in [2.05, 4.69) is 45.4 Å². The molecule has 0 fully saturated rings. The molecule has 0 aliphatic heterocycles. The van der Waals surface area contributed by atoms with E-state index in [1.54, 1.807) is 0 Å². The number of halogens is 1. The van der Waals surface area contributed by atoms with Crippen LogP contribution in [0.2, 0.25) is 0 Å². The minimum absolute atomic E-state index is 0.748. The highest BCUT2D eigenvalue weighted by Gasteiger charge is 2.00. The van der Waals surface area contributed by atoms with E-state index in [1.807, 2.05) is 30.1 Å². The van der Waals surface area contributed by atoms with Crippen molar-refractivity contribution < 1.29 is 0 Å². The lowest BCUT2D eigenvalue weighted by Gasteiger charge is -2.08. The normalized spacial score (nSPS) is 10.4. The fourth-order valence-electron chi connectivity index (χ4n) is 1.53. The standard InChI is InChI=1S/C12H14BrN3/c1-9-3-4-10(13)7-12(9)14-8-11-5-6-16(2)15-11/h3-7,14H,8H2,1-2H3. The van der Waals surface area contributed by atoms with Crippen molar-refractivity contribution in [3.63, 3.8) is 0 Å². The molecule has 0 atom stereocenters. The summed E-state index contributed by atoms with van der Waals surface area (Å²) in [4.78, 5) is 0. The predicted molar refractivity (Wildman–Crippen MR) is 69.4 cm³/mol. The second kappa shape index (κ2) is 4.70. The minimum atomic E-state index is 0.748. The lowest BCUT2D eigenvalue weighted by Crippen LogP contribution is -2.02. The molecule has 2 aromatic rings. The molecule has 1 aromatic heterocycles. The Morgan fingerprint density at radius 2 is 2.19 bits per heavy atom. The number of hydrogen-bond acceptors (Lipinski definition) is 2. The van der Waals surface area contributed by atoms with Gasteiger partial charge in [0.15, 0.2) is 0 Å².